The zero-order valence-electron chi connectivity index (χ0n) is 11.9. The molecule has 0 saturated carbocycles. The van der Waals surface area contributed by atoms with Gasteiger partial charge in [-0.05, 0) is 39.4 Å². The van der Waals surface area contributed by atoms with E-state index in [1.807, 2.05) is 39.1 Å². The fourth-order valence-corrected chi connectivity index (χ4v) is 2.29. The molecule has 1 aliphatic rings. The standard InChI is InChI=1S/C14H23N3O2/c1-14(2,3)19-13(18)17-9-11(7-15)8-16-6-4-5-12(16)10-17/h4-6,11H,7-10,15H2,1-3H3. The second kappa shape index (κ2) is 5.25. The zero-order chi connectivity index (χ0) is 14.0. The van der Waals surface area contributed by atoms with Gasteiger partial charge < -0.3 is 19.9 Å². The molecule has 1 aromatic rings. The predicted octanol–water partition coefficient (Wildman–Crippen LogP) is 1.81. The number of carbonyl (C=O) groups is 1. The second-order valence-corrected chi connectivity index (χ2v) is 6.11. The molecule has 1 unspecified atom stereocenters. The van der Waals surface area contributed by atoms with E-state index in [1.54, 1.807) is 4.90 Å². The molecule has 0 aliphatic carbocycles. The lowest BCUT2D eigenvalue weighted by Gasteiger charge is -2.27. The molecule has 0 spiro atoms. The summed E-state index contributed by atoms with van der Waals surface area (Å²) in [7, 11) is 0. The zero-order valence-corrected chi connectivity index (χ0v) is 11.9. The number of ether oxygens (including phenoxy) is 1. The molecule has 0 saturated heterocycles. The van der Waals surface area contributed by atoms with Crippen molar-refractivity contribution in [2.75, 3.05) is 13.1 Å². The number of aromatic nitrogens is 1. The number of rotatable bonds is 1. The third kappa shape index (κ3) is 3.50. The van der Waals surface area contributed by atoms with Gasteiger partial charge in [-0.15, -0.1) is 0 Å². The Balaban J connectivity index is 2.15. The molecule has 2 N–H and O–H groups in total. The molecule has 1 atom stereocenters. The molecule has 1 amide bonds. The Hall–Kier alpha value is -1.49. The van der Waals surface area contributed by atoms with Crippen molar-refractivity contribution in [1.82, 2.24) is 9.47 Å². The Bertz CT molecular complexity index is 448. The summed E-state index contributed by atoms with van der Waals surface area (Å²) in [5.74, 6) is 0.265. The molecule has 1 aromatic heterocycles. The van der Waals surface area contributed by atoms with E-state index in [9.17, 15) is 4.79 Å². The Labute approximate surface area is 114 Å². The lowest BCUT2D eigenvalue weighted by Crippen LogP contribution is -2.39. The molecule has 0 radical (unpaired) electrons. The number of hydrogen-bond acceptors (Lipinski definition) is 3. The van der Waals surface area contributed by atoms with E-state index in [1.165, 1.54) is 0 Å². The average Bonchev–Trinajstić information content (AvgIpc) is 2.64. The number of hydrogen-bond donors (Lipinski definition) is 1. The molecule has 5 nitrogen and oxygen atoms in total. The summed E-state index contributed by atoms with van der Waals surface area (Å²) in [6, 6.07) is 4.04. The normalized spacial score (nSPS) is 19.8. The first kappa shape index (κ1) is 13.9. The van der Waals surface area contributed by atoms with Crippen molar-refractivity contribution in [3.05, 3.63) is 24.0 Å². The quantitative estimate of drug-likeness (QED) is 0.842. The molecule has 1 aliphatic heterocycles. The van der Waals surface area contributed by atoms with Gasteiger partial charge in [0.15, 0.2) is 0 Å². The van der Waals surface area contributed by atoms with E-state index in [-0.39, 0.29) is 12.0 Å². The van der Waals surface area contributed by atoms with Gasteiger partial charge in [0.25, 0.3) is 0 Å². The van der Waals surface area contributed by atoms with Gasteiger partial charge in [-0.2, -0.15) is 0 Å². The van der Waals surface area contributed by atoms with Crippen LogP contribution in [-0.4, -0.2) is 34.3 Å². The van der Waals surface area contributed by atoms with E-state index < -0.39 is 5.60 Å². The molecule has 106 valence electrons. The van der Waals surface area contributed by atoms with Crippen molar-refractivity contribution in [3.8, 4) is 0 Å². The largest absolute Gasteiger partial charge is 0.444 e. The van der Waals surface area contributed by atoms with Gasteiger partial charge in [0.2, 0.25) is 0 Å². The Morgan fingerprint density at radius 1 is 1.47 bits per heavy atom. The van der Waals surface area contributed by atoms with E-state index in [0.717, 1.165) is 12.2 Å². The summed E-state index contributed by atoms with van der Waals surface area (Å²) >= 11 is 0. The van der Waals surface area contributed by atoms with Crippen molar-refractivity contribution < 1.29 is 9.53 Å². The first-order chi connectivity index (χ1) is 8.89. The minimum absolute atomic E-state index is 0.263. The SMILES string of the molecule is CC(C)(C)OC(=O)N1Cc2cccn2CC(CN)C1. The highest BCUT2D eigenvalue weighted by Gasteiger charge is 2.27. The number of nitrogens with two attached hydrogens (primary N) is 1. The van der Waals surface area contributed by atoms with Gasteiger partial charge in [0.05, 0.1) is 6.54 Å². The first-order valence-electron chi connectivity index (χ1n) is 6.71. The molecule has 2 rings (SSSR count). The second-order valence-electron chi connectivity index (χ2n) is 6.11. The number of carbonyl (C=O) groups excluding carboxylic acids is 1. The van der Waals surface area contributed by atoms with Gasteiger partial charge in [-0.25, -0.2) is 4.79 Å². The van der Waals surface area contributed by atoms with Gasteiger partial charge in [-0.3, -0.25) is 0 Å². The van der Waals surface area contributed by atoms with Crippen LogP contribution in [0.15, 0.2) is 18.3 Å². The van der Waals surface area contributed by atoms with Crippen LogP contribution in [0.5, 0.6) is 0 Å². The van der Waals surface area contributed by atoms with Crippen molar-refractivity contribution in [2.45, 2.75) is 39.5 Å². The fraction of sp³-hybridized carbons (Fsp3) is 0.643. The van der Waals surface area contributed by atoms with Crippen LogP contribution in [0.3, 0.4) is 0 Å². The molecule has 19 heavy (non-hydrogen) atoms. The lowest BCUT2D eigenvalue weighted by molar-refractivity contribution is 0.0212. The van der Waals surface area contributed by atoms with Gasteiger partial charge >= 0.3 is 6.09 Å². The van der Waals surface area contributed by atoms with E-state index in [0.29, 0.717) is 19.6 Å². The van der Waals surface area contributed by atoms with Crippen LogP contribution in [-0.2, 0) is 17.8 Å². The molecule has 0 fully saturated rings. The number of fused-ring (bicyclic) bond motifs is 1. The van der Waals surface area contributed by atoms with Crippen molar-refractivity contribution >= 4 is 6.09 Å². The molecule has 0 bridgehead atoms. The maximum absolute atomic E-state index is 12.2. The van der Waals surface area contributed by atoms with Gasteiger partial charge in [-0.1, -0.05) is 0 Å². The third-order valence-electron chi connectivity index (χ3n) is 3.19. The van der Waals surface area contributed by atoms with Gasteiger partial charge in [0.1, 0.15) is 5.60 Å². The molecule has 5 heteroatoms. The van der Waals surface area contributed by atoms with Crippen LogP contribution in [0.25, 0.3) is 0 Å². The molecular formula is C14H23N3O2. The summed E-state index contributed by atoms with van der Waals surface area (Å²) < 4.78 is 7.62. The summed E-state index contributed by atoms with van der Waals surface area (Å²) in [6.07, 6.45) is 1.77. The first-order valence-corrected chi connectivity index (χ1v) is 6.71. The van der Waals surface area contributed by atoms with Crippen LogP contribution in [0.1, 0.15) is 26.5 Å². The Morgan fingerprint density at radius 3 is 2.84 bits per heavy atom. The third-order valence-corrected chi connectivity index (χ3v) is 3.19. The van der Waals surface area contributed by atoms with Crippen molar-refractivity contribution in [2.24, 2.45) is 11.7 Å². The highest BCUT2D eigenvalue weighted by molar-refractivity contribution is 5.68. The maximum atomic E-state index is 12.2. The van der Waals surface area contributed by atoms with Crippen LogP contribution >= 0.6 is 0 Å². The highest BCUT2D eigenvalue weighted by Crippen LogP contribution is 2.19. The summed E-state index contributed by atoms with van der Waals surface area (Å²) in [5, 5.41) is 0. The summed E-state index contributed by atoms with van der Waals surface area (Å²) in [5.41, 5.74) is 6.45. The lowest BCUT2D eigenvalue weighted by atomic mass is 10.1. The van der Waals surface area contributed by atoms with Crippen LogP contribution in [0.4, 0.5) is 4.79 Å². The molecule has 0 aromatic carbocycles. The summed E-state index contributed by atoms with van der Waals surface area (Å²) in [6.45, 7) is 8.30. The van der Waals surface area contributed by atoms with E-state index >= 15 is 0 Å². The minimum Gasteiger partial charge on any atom is -0.444 e. The maximum Gasteiger partial charge on any atom is 0.410 e. The molecule has 2 heterocycles. The van der Waals surface area contributed by atoms with E-state index in [4.69, 9.17) is 10.5 Å². The smallest absolute Gasteiger partial charge is 0.410 e. The van der Waals surface area contributed by atoms with Crippen molar-refractivity contribution in [3.63, 3.8) is 0 Å². The minimum atomic E-state index is -0.469. The Morgan fingerprint density at radius 2 is 2.21 bits per heavy atom. The average molecular weight is 265 g/mol. The Kier molecular flexibility index (Phi) is 3.85. The van der Waals surface area contributed by atoms with E-state index in [2.05, 4.69) is 4.57 Å². The van der Waals surface area contributed by atoms with Crippen molar-refractivity contribution in [1.29, 1.82) is 0 Å². The monoisotopic (exact) mass is 265 g/mol. The van der Waals surface area contributed by atoms with Crippen LogP contribution < -0.4 is 5.73 Å². The van der Waals surface area contributed by atoms with Crippen LogP contribution in [0, 0.1) is 5.92 Å². The van der Waals surface area contributed by atoms with Gasteiger partial charge in [0, 0.05) is 30.9 Å². The highest BCUT2D eigenvalue weighted by atomic mass is 16.6. The molecular weight excluding hydrogens is 242 g/mol. The summed E-state index contributed by atoms with van der Waals surface area (Å²) in [4.78, 5) is 14.0. The van der Waals surface area contributed by atoms with Crippen LogP contribution in [0.2, 0.25) is 0 Å². The topological polar surface area (TPSA) is 60.5 Å². The number of amides is 1. The number of nitrogens with zero attached hydrogens (tertiary/aromatic N) is 2. The predicted molar refractivity (Wildman–Crippen MR) is 73.6 cm³/mol. The fourth-order valence-electron chi connectivity index (χ4n) is 2.29.